The highest BCUT2D eigenvalue weighted by molar-refractivity contribution is 5.94. The minimum absolute atomic E-state index is 0.0218. The Morgan fingerprint density at radius 3 is 2.36 bits per heavy atom. The van der Waals surface area contributed by atoms with Gasteiger partial charge in [-0.1, -0.05) is 35.9 Å². The van der Waals surface area contributed by atoms with Gasteiger partial charge in [0.25, 0.3) is 11.8 Å². The highest BCUT2D eigenvalue weighted by Crippen LogP contribution is 2.18. The number of amides is 2. The summed E-state index contributed by atoms with van der Waals surface area (Å²) in [6.45, 7) is 4.15. The molecule has 1 aliphatic rings. The van der Waals surface area contributed by atoms with Crippen molar-refractivity contribution in [2.75, 3.05) is 19.6 Å². The third kappa shape index (κ3) is 4.47. The third-order valence-corrected chi connectivity index (χ3v) is 4.75. The Kier molecular flexibility index (Phi) is 5.49. The summed E-state index contributed by atoms with van der Waals surface area (Å²) in [5.41, 5.74) is 2.53. The number of hydrogen-bond donors (Lipinski definition) is 1. The number of carbonyl (C=O) groups excluding carboxylic acids is 2. The molecule has 1 saturated heterocycles. The molecule has 0 aliphatic carbocycles. The molecule has 0 radical (unpaired) electrons. The van der Waals surface area contributed by atoms with Crippen LogP contribution in [0.5, 0.6) is 0 Å². The van der Waals surface area contributed by atoms with Crippen LogP contribution in [0.3, 0.4) is 0 Å². The van der Waals surface area contributed by atoms with Crippen LogP contribution in [-0.4, -0.2) is 36.3 Å². The first-order valence-corrected chi connectivity index (χ1v) is 8.82. The number of carbonyl (C=O) groups is 2. The highest BCUT2D eigenvalue weighted by atomic mass is 16.2. The summed E-state index contributed by atoms with van der Waals surface area (Å²) in [6.07, 6.45) is 1.85. The van der Waals surface area contributed by atoms with E-state index in [2.05, 4.69) is 5.32 Å². The van der Waals surface area contributed by atoms with Crippen molar-refractivity contribution in [3.05, 3.63) is 71.3 Å². The van der Waals surface area contributed by atoms with Gasteiger partial charge in [-0.25, -0.2) is 0 Å². The van der Waals surface area contributed by atoms with Gasteiger partial charge < -0.3 is 10.2 Å². The fourth-order valence-corrected chi connectivity index (χ4v) is 3.23. The lowest BCUT2D eigenvalue weighted by Crippen LogP contribution is -2.41. The third-order valence-electron chi connectivity index (χ3n) is 4.75. The Hall–Kier alpha value is -2.62. The smallest absolute Gasteiger partial charge is 0.253 e. The van der Waals surface area contributed by atoms with Gasteiger partial charge in [-0.05, 0) is 49.9 Å². The van der Waals surface area contributed by atoms with Crippen molar-refractivity contribution in [1.82, 2.24) is 10.2 Å². The largest absolute Gasteiger partial charge is 0.352 e. The number of nitrogens with one attached hydrogen (secondary N) is 1. The van der Waals surface area contributed by atoms with Crippen LogP contribution in [0.4, 0.5) is 0 Å². The van der Waals surface area contributed by atoms with Crippen molar-refractivity contribution in [1.29, 1.82) is 0 Å². The van der Waals surface area contributed by atoms with Crippen LogP contribution < -0.4 is 5.32 Å². The molecule has 0 spiro atoms. The first-order valence-electron chi connectivity index (χ1n) is 8.82. The molecular formula is C21H24N2O2. The van der Waals surface area contributed by atoms with Crippen molar-refractivity contribution in [3.63, 3.8) is 0 Å². The van der Waals surface area contributed by atoms with Gasteiger partial charge in [0.15, 0.2) is 0 Å². The molecule has 0 atom stereocenters. The number of nitrogens with zero attached hydrogens (tertiary/aromatic N) is 1. The van der Waals surface area contributed by atoms with Gasteiger partial charge in [-0.15, -0.1) is 0 Å². The first-order chi connectivity index (χ1) is 12.1. The Morgan fingerprint density at radius 2 is 1.68 bits per heavy atom. The van der Waals surface area contributed by atoms with Gasteiger partial charge >= 0.3 is 0 Å². The van der Waals surface area contributed by atoms with Crippen molar-refractivity contribution >= 4 is 11.8 Å². The molecule has 130 valence electrons. The van der Waals surface area contributed by atoms with Crippen molar-refractivity contribution in [3.8, 4) is 0 Å². The van der Waals surface area contributed by atoms with E-state index in [0.717, 1.165) is 37.1 Å². The quantitative estimate of drug-likeness (QED) is 0.931. The number of hydrogen-bond acceptors (Lipinski definition) is 2. The Morgan fingerprint density at radius 1 is 1.00 bits per heavy atom. The van der Waals surface area contributed by atoms with Crippen molar-refractivity contribution in [2.24, 2.45) is 5.92 Å². The summed E-state index contributed by atoms with van der Waals surface area (Å²) < 4.78 is 0. The van der Waals surface area contributed by atoms with E-state index in [1.165, 1.54) is 0 Å². The van der Waals surface area contributed by atoms with E-state index in [0.29, 0.717) is 18.0 Å². The summed E-state index contributed by atoms with van der Waals surface area (Å²) in [5.74, 6) is 0.503. The predicted octanol–water partition coefficient (Wildman–Crippen LogP) is 3.28. The molecule has 3 rings (SSSR count). The molecule has 4 heteroatoms. The molecule has 1 fully saturated rings. The molecule has 25 heavy (non-hydrogen) atoms. The average molecular weight is 336 g/mol. The summed E-state index contributed by atoms with van der Waals surface area (Å²) in [6, 6.07) is 17.0. The fraction of sp³-hybridized carbons (Fsp3) is 0.333. The Bertz CT molecular complexity index is 735. The number of aryl methyl sites for hydroxylation is 1. The van der Waals surface area contributed by atoms with Gasteiger partial charge in [-0.3, -0.25) is 9.59 Å². The molecule has 2 aromatic rings. The molecule has 0 unspecified atom stereocenters. The van der Waals surface area contributed by atoms with Gasteiger partial charge in [0, 0.05) is 30.8 Å². The van der Waals surface area contributed by atoms with E-state index in [1.54, 1.807) is 0 Å². The van der Waals surface area contributed by atoms with Crippen LogP contribution in [0, 0.1) is 12.8 Å². The molecule has 2 amide bonds. The number of piperidine rings is 1. The second-order valence-corrected chi connectivity index (χ2v) is 6.68. The lowest BCUT2D eigenvalue weighted by atomic mass is 9.96. The molecular weight excluding hydrogens is 312 g/mol. The van der Waals surface area contributed by atoms with Crippen LogP contribution in [0.15, 0.2) is 54.6 Å². The van der Waals surface area contributed by atoms with E-state index in [4.69, 9.17) is 0 Å². The van der Waals surface area contributed by atoms with E-state index in [9.17, 15) is 9.59 Å². The summed E-state index contributed by atoms with van der Waals surface area (Å²) in [5, 5.41) is 3.03. The number of likely N-dealkylation sites (tertiary alicyclic amines) is 1. The average Bonchev–Trinajstić information content (AvgIpc) is 2.66. The molecule has 2 aromatic carbocycles. The summed E-state index contributed by atoms with van der Waals surface area (Å²) >= 11 is 0. The number of benzene rings is 2. The topological polar surface area (TPSA) is 49.4 Å². The standard InChI is InChI=1S/C21H24N2O2/c1-16-6-5-9-19(14-16)20(24)22-15-17-10-12-23(13-11-17)21(25)18-7-3-2-4-8-18/h2-9,14,17H,10-13,15H2,1H3,(H,22,24). The van der Waals surface area contributed by atoms with Gasteiger partial charge in [0.05, 0.1) is 0 Å². The molecule has 1 aliphatic heterocycles. The lowest BCUT2D eigenvalue weighted by molar-refractivity contribution is 0.0684. The number of rotatable bonds is 4. The van der Waals surface area contributed by atoms with Gasteiger partial charge in [0.2, 0.25) is 0 Å². The first kappa shape index (κ1) is 17.2. The van der Waals surface area contributed by atoms with Gasteiger partial charge in [0.1, 0.15) is 0 Å². The van der Waals surface area contributed by atoms with E-state index in [-0.39, 0.29) is 11.8 Å². The maximum atomic E-state index is 12.4. The zero-order valence-electron chi connectivity index (χ0n) is 14.6. The maximum absolute atomic E-state index is 12.4. The van der Waals surface area contributed by atoms with E-state index in [1.807, 2.05) is 66.4 Å². The monoisotopic (exact) mass is 336 g/mol. The summed E-state index contributed by atoms with van der Waals surface area (Å²) in [4.78, 5) is 26.6. The molecule has 0 saturated carbocycles. The molecule has 4 nitrogen and oxygen atoms in total. The zero-order valence-corrected chi connectivity index (χ0v) is 14.6. The molecule has 0 bridgehead atoms. The Labute approximate surface area is 148 Å². The second-order valence-electron chi connectivity index (χ2n) is 6.68. The molecule has 1 heterocycles. The van der Waals surface area contributed by atoms with Crippen molar-refractivity contribution < 1.29 is 9.59 Å². The summed E-state index contributed by atoms with van der Waals surface area (Å²) in [7, 11) is 0. The fourth-order valence-electron chi connectivity index (χ4n) is 3.23. The van der Waals surface area contributed by atoms with Crippen LogP contribution >= 0.6 is 0 Å². The SMILES string of the molecule is Cc1cccc(C(=O)NCC2CCN(C(=O)c3ccccc3)CC2)c1. The minimum Gasteiger partial charge on any atom is -0.352 e. The maximum Gasteiger partial charge on any atom is 0.253 e. The van der Waals surface area contributed by atoms with Crippen LogP contribution in [0.1, 0.15) is 39.1 Å². The van der Waals surface area contributed by atoms with Crippen molar-refractivity contribution in [2.45, 2.75) is 19.8 Å². The molecule has 1 N–H and O–H groups in total. The van der Waals surface area contributed by atoms with Crippen LogP contribution in [-0.2, 0) is 0 Å². The zero-order chi connectivity index (χ0) is 17.6. The minimum atomic E-state index is -0.0218. The van der Waals surface area contributed by atoms with Gasteiger partial charge in [-0.2, -0.15) is 0 Å². The second kappa shape index (κ2) is 7.97. The van der Waals surface area contributed by atoms with Crippen LogP contribution in [0.25, 0.3) is 0 Å². The highest BCUT2D eigenvalue weighted by Gasteiger charge is 2.23. The van der Waals surface area contributed by atoms with E-state index >= 15 is 0 Å². The molecule has 0 aromatic heterocycles. The lowest BCUT2D eigenvalue weighted by Gasteiger charge is -2.32. The predicted molar refractivity (Wildman–Crippen MR) is 98.6 cm³/mol. The normalized spacial score (nSPS) is 15.0. The van der Waals surface area contributed by atoms with E-state index < -0.39 is 0 Å². The Balaban J connectivity index is 1.46. The van der Waals surface area contributed by atoms with Crippen LogP contribution in [0.2, 0.25) is 0 Å².